The first-order chi connectivity index (χ1) is 8.75. The minimum atomic E-state index is -0.552. The van der Waals surface area contributed by atoms with Crippen LogP contribution in [0.25, 0.3) is 0 Å². The second-order valence-electron chi connectivity index (χ2n) is 6.70. The van der Waals surface area contributed by atoms with Gasteiger partial charge >= 0.3 is 0 Å². The normalized spacial score (nSPS) is 19.9. The standard InChI is InChI=1S/C16H24N2O/c1-15(2,16(3,4)17)14(19)12-9-5-7-11-8-6-10-18-13(11)12/h6,8,10,12H,5,7,9,17H2,1-4H3. The van der Waals surface area contributed by atoms with Gasteiger partial charge in [0.15, 0.2) is 0 Å². The van der Waals surface area contributed by atoms with E-state index in [0.29, 0.717) is 0 Å². The molecule has 0 saturated heterocycles. The Balaban J connectivity index is 2.37. The van der Waals surface area contributed by atoms with Gasteiger partial charge < -0.3 is 5.73 Å². The predicted molar refractivity (Wildman–Crippen MR) is 77.0 cm³/mol. The molecule has 2 N–H and O–H groups in total. The summed E-state index contributed by atoms with van der Waals surface area (Å²) in [6.45, 7) is 7.75. The first kappa shape index (κ1) is 14.2. The van der Waals surface area contributed by atoms with Crippen molar-refractivity contribution in [2.45, 2.75) is 58.4 Å². The first-order valence-electron chi connectivity index (χ1n) is 7.02. The van der Waals surface area contributed by atoms with Crippen molar-refractivity contribution < 1.29 is 4.79 Å². The van der Waals surface area contributed by atoms with Gasteiger partial charge in [0.1, 0.15) is 5.78 Å². The number of hydrogen-bond acceptors (Lipinski definition) is 3. The molecule has 1 aliphatic rings. The third-order valence-corrected chi connectivity index (χ3v) is 4.74. The molecule has 1 atom stereocenters. The minimum absolute atomic E-state index is 0.0947. The highest BCUT2D eigenvalue weighted by molar-refractivity contribution is 5.91. The van der Waals surface area contributed by atoms with Crippen molar-refractivity contribution >= 4 is 5.78 Å². The molecule has 0 amide bonds. The van der Waals surface area contributed by atoms with Crippen LogP contribution in [0.2, 0.25) is 0 Å². The van der Waals surface area contributed by atoms with Gasteiger partial charge in [0.25, 0.3) is 0 Å². The fourth-order valence-electron chi connectivity index (χ4n) is 2.62. The Labute approximate surface area is 115 Å². The number of ketones is 1. The summed E-state index contributed by atoms with van der Waals surface area (Å²) in [5.74, 6) is 0.127. The summed E-state index contributed by atoms with van der Waals surface area (Å²) in [5, 5.41) is 0. The number of nitrogens with two attached hydrogens (primary N) is 1. The Bertz CT molecular complexity index is 486. The van der Waals surface area contributed by atoms with Crippen LogP contribution in [0.1, 0.15) is 57.7 Å². The van der Waals surface area contributed by atoms with Crippen molar-refractivity contribution in [3.8, 4) is 0 Å². The van der Waals surface area contributed by atoms with Crippen molar-refractivity contribution in [3.63, 3.8) is 0 Å². The van der Waals surface area contributed by atoms with Gasteiger partial charge in [-0.05, 0) is 44.7 Å². The zero-order valence-corrected chi connectivity index (χ0v) is 12.4. The molecule has 1 unspecified atom stereocenters. The van der Waals surface area contributed by atoms with Crippen molar-refractivity contribution in [3.05, 3.63) is 29.6 Å². The smallest absolute Gasteiger partial charge is 0.149 e. The molecule has 0 radical (unpaired) electrons. The lowest BCUT2D eigenvalue weighted by molar-refractivity contribution is -0.132. The van der Waals surface area contributed by atoms with Gasteiger partial charge in [-0.3, -0.25) is 9.78 Å². The molecule has 1 aliphatic carbocycles. The molecule has 0 aromatic carbocycles. The summed E-state index contributed by atoms with van der Waals surface area (Å²) >= 11 is 0. The quantitative estimate of drug-likeness (QED) is 0.909. The SMILES string of the molecule is CC(C)(N)C(C)(C)C(=O)C1CCCc2cccnc21. The lowest BCUT2D eigenvalue weighted by atomic mass is 9.66. The average molecular weight is 260 g/mol. The first-order valence-corrected chi connectivity index (χ1v) is 7.02. The molecular formula is C16H24N2O. The molecule has 104 valence electrons. The number of carbonyl (C=O) groups excluding carboxylic acids is 1. The third kappa shape index (κ3) is 2.44. The minimum Gasteiger partial charge on any atom is -0.325 e. The number of nitrogens with zero attached hydrogens (tertiary/aromatic N) is 1. The highest BCUT2D eigenvalue weighted by Crippen LogP contribution is 2.39. The largest absolute Gasteiger partial charge is 0.325 e. The van der Waals surface area contributed by atoms with E-state index in [1.165, 1.54) is 5.56 Å². The molecule has 1 aromatic heterocycles. The maximum Gasteiger partial charge on any atom is 0.149 e. The van der Waals surface area contributed by atoms with Crippen LogP contribution in [0.3, 0.4) is 0 Å². The van der Waals surface area contributed by atoms with Crippen LogP contribution in [0, 0.1) is 5.41 Å². The maximum absolute atomic E-state index is 12.9. The van der Waals surface area contributed by atoms with Gasteiger partial charge in [-0.1, -0.05) is 19.9 Å². The van der Waals surface area contributed by atoms with E-state index in [1.54, 1.807) is 6.20 Å². The molecule has 0 spiro atoms. The Morgan fingerprint density at radius 1 is 1.37 bits per heavy atom. The second-order valence-corrected chi connectivity index (χ2v) is 6.70. The van der Waals surface area contributed by atoms with E-state index in [2.05, 4.69) is 11.1 Å². The van der Waals surface area contributed by atoms with E-state index < -0.39 is 11.0 Å². The van der Waals surface area contributed by atoms with E-state index >= 15 is 0 Å². The van der Waals surface area contributed by atoms with E-state index in [-0.39, 0.29) is 11.7 Å². The summed E-state index contributed by atoms with van der Waals surface area (Å²) < 4.78 is 0. The molecule has 2 rings (SSSR count). The summed E-state index contributed by atoms with van der Waals surface area (Å²) in [6, 6.07) is 4.03. The fourth-order valence-corrected chi connectivity index (χ4v) is 2.62. The lowest BCUT2D eigenvalue weighted by Gasteiger charge is -2.40. The van der Waals surface area contributed by atoms with E-state index in [1.807, 2.05) is 33.8 Å². The number of pyridine rings is 1. The molecule has 3 heteroatoms. The van der Waals surface area contributed by atoms with Gasteiger partial charge in [0, 0.05) is 17.2 Å². The van der Waals surface area contributed by atoms with E-state index in [9.17, 15) is 4.79 Å². The molecule has 1 heterocycles. The van der Waals surface area contributed by atoms with Gasteiger partial charge in [-0.25, -0.2) is 0 Å². The Morgan fingerprint density at radius 2 is 2.05 bits per heavy atom. The topological polar surface area (TPSA) is 56.0 Å². The van der Waals surface area contributed by atoms with Crippen LogP contribution in [0.15, 0.2) is 18.3 Å². The lowest BCUT2D eigenvalue weighted by Crippen LogP contribution is -2.53. The van der Waals surface area contributed by atoms with Crippen molar-refractivity contribution in [1.29, 1.82) is 0 Å². The van der Waals surface area contributed by atoms with Crippen LogP contribution in [-0.2, 0) is 11.2 Å². The number of aryl methyl sites for hydroxylation is 1. The van der Waals surface area contributed by atoms with Crippen molar-refractivity contribution in [2.75, 3.05) is 0 Å². The Morgan fingerprint density at radius 3 is 2.68 bits per heavy atom. The van der Waals surface area contributed by atoms with Gasteiger partial charge in [0.2, 0.25) is 0 Å². The second kappa shape index (κ2) is 4.71. The van der Waals surface area contributed by atoms with Crippen LogP contribution in [0.4, 0.5) is 0 Å². The summed E-state index contributed by atoms with van der Waals surface area (Å²) in [7, 11) is 0. The van der Waals surface area contributed by atoms with Gasteiger partial charge in [-0.2, -0.15) is 0 Å². The molecule has 1 aromatic rings. The number of rotatable bonds is 3. The van der Waals surface area contributed by atoms with Crippen molar-refractivity contribution in [1.82, 2.24) is 4.98 Å². The molecule has 0 fully saturated rings. The van der Waals surface area contributed by atoms with Crippen LogP contribution < -0.4 is 5.73 Å². The average Bonchev–Trinajstić information content (AvgIpc) is 2.36. The van der Waals surface area contributed by atoms with E-state index in [0.717, 1.165) is 25.0 Å². The van der Waals surface area contributed by atoms with Crippen LogP contribution in [-0.4, -0.2) is 16.3 Å². The van der Waals surface area contributed by atoms with Crippen LogP contribution in [0.5, 0.6) is 0 Å². The molecule has 19 heavy (non-hydrogen) atoms. The number of hydrogen-bond donors (Lipinski definition) is 1. The molecule has 0 saturated carbocycles. The van der Waals surface area contributed by atoms with E-state index in [4.69, 9.17) is 5.73 Å². The predicted octanol–water partition coefficient (Wildman–Crippen LogP) is 2.83. The molecule has 3 nitrogen and oxygen atoms in total. The molecular weight excluding hydrogens is 236 g/mol. The van der Waals surface area contributed by atoms with Gasteiger partial charge in [0.05, 0.1) is 11.6 Å². The Hall–Kier alpha value is -1.22. The summed E-state index contributed by atoms with van der Waals surface area (Å²) in [5.41, 5.74) is 7.31. The monoisotopic (exact) mass is 260 g/mol. The van der Waals surface area contributed by atoms with Gasteiger partial charge in [-0.15, -0.1) is 0 Å². The maximum atomic E-state index is 12.9. The highest BCUT2D eigenvalue weighted by Gasteiger charge is 2.44. The number of fused-ring (bicyclic) bond motifs is 1. The number of carbonyl (C=O) groups is 1. The highest BCUT2D eigenvalue weighted by atomic mass is 16.1. The third-order valence-electron chi connectivity index (χ3n) is 4.74. The zero-order chi connectivity index (χ0) is 14.3. The molecule has 0 aliphatic heterocycles. The van der Waals surface area contributed by atoms with Crippen LogP contribution >= 0.6 is 0 Å². The fraction of sp³-hybridized carbons (Fsp3) is 0.625. The van der Waals surface area contributed by atoms with Crippen molar-refractivity contribution in [2.24, 2.45) is 11.1 Å². The summed E-state index contributed by atoms with van der Waals surface area (Å²) in [6.07, 6.45) is 4.75. The number of aromatic nitrogens is 1. The molecule has 0 bridgehead atoms. The number of Topliss-reactive ketones (excluding diaryl/α,β-unsaturated/α-hetero) is 1. The zero-order valence-electron chi connectivity index (χ0n) is 12.4. The summed E-state index contributed by atoms with van der Waals surface area (Å²) in [4.78, 5) is 17.4. The Kier molecular flexibility index (Phi) is 3.52.